The van der Waals surface area contributed by atoms with Gasteiger partial charge in [-0.2, -0.15) is 0 Å². The van der Waals surface area contributed by atoms with Crippen LogP contribution in [0, 0.1) is 0 Å². The molecule has 8 heteroatoms. The number of ether oxygens (including phenoxy) is 2. The van der Waals surface area contributed by atoms with Crippen LogP contribution in [0.2, 0.25) is 0 Å². The van der Waals surface area contributed by atoms with Gasteiger partial charge in [0.05, 0.1) is 12.1 Å². The van der Waals surface area contributed by atoms with Crippen molar-refractivity contribution in [2.24, 2.45) is 5.73 Å². The minimum Gasteiger partial charge on any atom is -0.483 e. The predicted octanol–water partition coefficient (Wildman–Crippen LogP) is 1.71. The van der Waals surface area contributed by atoms with E-state index in [4.69, 9.17) is 19.6 Å². The minimum atomic E-state index is -0.643. The van der Waals surface area contributed by atoms with Crippen LogP contribution in [0.15, 0.2) is 57.7 Å². The molecule has 1 aromatic heterocycles. The first-order chi connectivity index (χ1) is 13.1. The number of rotatable bonds is 8. The van der Waals surface area contributed by atoms with Crippen molar-refractivity contribution in [3.8, 4) is 5.75 Å². The molecule has 0 saturated heterocycles. The number of fused-ring (bicyclic) bond motifs is 1. The van der Waals surface area contributed by atoms with E-state index in [1.165, 1.54) is 10.6 Å². The predicted molar refractivity (Wildman–Crippen MR) is 96.5 cm³/mol. The molecule has 1 amide bonds. The zero-order valence-corrected chi connectivity index (χ0v) is 14.4. The molecule has 0 atom stereocenters. The van der Waals surface area contributed by atoms with Gasteiger partial charge in [-0.25, -0.2) is 9.59 Å². The molecule has 3 rings (SSSR count). The van der Waals surface area contributed by atoms with Crippen LogP contribution < -0.4 is 16.2 Å². The van der Waals surface area contributed by atoms with Gasteiger partial charge in [-0.1, -0.05) is 24.3 Å². The molecule has 3 aromatic rings. The van der Waals surface area contributed by atoms with Crippen LogP contribution >= 0.6 is 0 Å². The van der Waals surface area contributed by atoms with Crippen molar-refractivity contribution in [1.82, 2.24) is 4.57 Å². The number of benzene rings is 2. The van der Waals surface area contributed by atoms with Crippen molar-refractivity contribution >= 4 is 23.0 Å². The second kappa shape index (κ2) is 8.22. The van der Waals surface area contributed by atoms with Crippen molar-refractivity contribution in [3.05, 3.63) is 64.6 Å². The SMILES string of the molecule is NC(=O)COc1ccccc1C(=O)OCCCn1c(=O)oc2ccccc21. The molecular formula is C19H18N2O6. The average Bonchev–Trinajstić information content (AvgIpc) is 2.98. The summed E-state index contributed by atoms with van der Waals surface area (Å²) in [5.74, 6) is -1.46. The Balaban J connectivity index is 1.58. The maximum absolute atomic E-state index is 12.2. The van der Waals surface area contributed by atoms with Gasteiger partial charge < -0.3 is 19.6 Å². The van der Waals surface area contributed by atoms with Crippen molar-refractivity contribution in [2.75, 3.05) is 13.2 Å². The number of carbonyl (C=O) groups excluding carboxylic acids is 2. The Kier molecular flexibility index (Phi) is 5.55. The van der Waals surface area contributed by atoms with Crippen LogP contribution in [-0.2, 0) is 16.1 Å². The van der Waals surface area contributed by atoms with E-state index >= 15 is 0 Å². The molecule has 0 aliphatic rings. The number of aryl methyl sites for hydroxylation is 1. The van der Waals surface area contributed by atoms with Crippen molar-refractivity contribution < 1.29 is 23.5 Å². The molecule has 0 unspecified atom stereocenters. The van der Waals surface area contributed by atoms with Crippen LogP contribution in [0.25, 0.3) is 11.1 Å². The van der Waals surface area contributed by atoms with Crippen LogP contribution in [0.4, 0.5) is 0 Å². The van der Waals surface area contributed by atoms with E-state index in [1.54, 1.807) is 36.4 Å². The zero-order chi connectivity index (χ0) is 19.2. The molecule has 2 aromatic carbocycles. The summed E-state index contributed by atoms with van der Waals surface area (Å²) in [6.07, 6.45) is 0.430. The van der Waals surface area contributed by atoms with Gasteiger partial charge in [0, 0.05) is 6.54 Å². The van der Waals surface area contributed by atoms with Crippen LogP contribution in [0.5, 0.6) is 5.75 Å². The smallest absolute Gasteiger partial charge is 0.419 e. The quantitative estimate of drug-likeness (QED) is 0.477. The first-order valence-electron chi connectivity index (χ1n) is 8.32. The van der Waals surface area contributed by atoms with Gasteiger partial charge in [0.15, 0.2) is 12.2 Å². The highest BCUT2D eigenvalue weighted by atomic mass is 16.5. The second-order valence-electron chi connectivity index (χ2n) is 5.73. The normalized spacial score (nSPS) is 10.7. The topological polar surface area (TPSA) is 114 Å². The summed E-state index contributed by atoms with van der Waals surface area (Å²) >= 11 is 0. The number of esters is 1. The third-order valence-corrected chi connectivity index (χ3v) is 3.81. The number of amides is 1. The summed E-state index contributed by atoms with van der Waals surface area (Å²) in [7, 11) is 0. The molecule has 0 spiro atoms. The lowest BCUT2D eigenvalue weighted by molar-refractivity contribution is -0.119. The molecule has 2 N–H and O–H groups in total. The molecule has 140 valence electrons. The van der Waals surface area contributed by atoms with Crippen LogP contribution in [-0.4, -0.2) is 29.7 Å². The van der Waals surface area contributed by atoms with E-state index in [0.717, 1.165) is 0 Å². The maximum Gasteiger partial charge on any atom is 0.419 e. The number of hydrogen-bond acceptors (Lipinski definition) is 6. The van der Waals surface area contributed by atoms with Crippen molar-refractivity contribution in [3.63, 3.8) is 0 Å². The fourth-order valence-corrected chi connectivity index (χ4v) is 2.60. The summed E-state index contributed by atoms with van der Waals surface area (Å²) in [6.45, 7) is 0.124. The Morgan fingerprint density at radius 1 is 1.07 bits per heavy atom. The van der Waals surface area contributed by atoms with E-state index in [9.17, 15) is 14.4 Å². The molecule has 0 aliphatic heterocycles. The molecular weight excluding hydrogens is 352 g/mol. The number of nitrogens with zero attached hydrogens (tertiary/aromatic N) is 1. The number of aromatic nitrogens is 1. The lowest BCUT2D eigenvalue weighted by Gasteiger charge is -2.10. The lowest BCUT2D eigenvalue weighted by atomic mass is 10.2. The molecule has 27 heavy (non-hydrogen) atoms. The Morgan fingerprint density at radius 3 is 2.63 bits per heavy atom. The number of oxazole rings is 1. The van der Waals surface area contributed by atoms with E-state index in [2.05, 4.69) is 0 Å². The molecule has 1 heterocycles. The van der Waals surface area contributed by atoms with Crippen LogP contribution in [0.3, 0.4) is 0 Å². The lowest BCUT2D eigenvalue weighted by Crippen LogP contribution is -2.21. The van der Waals surface area contributed by atoms with Crippen molar-refractivity contribution in [2.45, 2.75) is 13.0 Å². The van der Waals surface area contributed by atoms with E-state index in [-0.39, 0.29) is 24.5 Å². The minimum absolute atomic E-state index is 0.106. The summed E-state index contributed by atoms with van der Waals surface area (Å²) in [6, 6.07) is 13.5. The Labute approximate surface area is 154 Å². The van der Waals surface area contributed by atoms with Gasteiger partial charge >= 0.3 is 11.7 Å². The van der Waals surface area contributed by atoms with E-state index in [1.807, 2.05) is 6.07 Å². The fourth-order valence-electron chi connectivity index (χ4n) is 2.60. The van der Waals surface area contributed by atoms with Gasteiger partial charge in [0.1, 0.15) is 11.3 Å². The largest absolute Gasteiger partial charge is 0.483 e. The molecule has 0 aliphatic carbocycles. The molecule has 0 radical (unpaired) electrons. The Morgan fingerprint density at radius 2 is 1.81 bits per heavy atom. The molecule has 8 nitrogen and oxygen atoms in total. The summed E-state index contributed by atoms with van der Waals surface area (Å²) in [5.41, 5.74) is 6.45. The maximum atomic E-state index is 12.2. The summed E-state index contributed by atoms with van der Waals surface area (Å²) < 4.78 is 17.1. The number of nitrogens with two attached hydrogens (primary N) is 1. The number of hydrogen-bond donors (Lipinski definition) is 1. The molecule has 0 saturated carbocycles. The van der Waals surface area contributed by atoms with Gasteiger partial charge in [-0.05, 0) is 30.7 Å². The van der Waals surface area contributed by atoms with Gasteiger partial charge in [-0.15, -0.1) is 0 Å². The number of para-hydroxylation sites is 3. The Hall–Kier alpha value is -3.55. The Bertz CT molecular complexity index is 1020. The highest BCUT2D eigenvalue weighted by molar-refractivity contribution is 5.92. The monoisotopic (exact) mass is 370 g/mol. The highest BCUT2D eigenvalue weighted by Crippen LogP contribution is 2.19. The zero-order valence-electron chi connectivity index (χ0n) is 14.4. The highest BCUT2D eigenvalue weighted by Gasteiger charge is 2.14. The van der Waals surface area contributed by atoms with E-state index < -0.39 is 17.6 Å². The summed E-state index contributed by atoms with van der Waals surface area (Å²) in [5, 5.41) is 0. The first-order valence-corrected chi connectivity index (χ1v) is 8.32. The standard InChI is InChI=1S/C19H18N2O6/c20-17(22)12-26-15-8-3-1-6-13(15)18(23)25-11-5-10-21-14-7-2-4-9-16(14)27-19(21)24/h1-4,6-9H,5,10-12H2,(H2,20,22). The fraction of sp³-hybridized carbons (Fsp3) is 0.211. The second-order valence-corrected chi connectivity index (χ2v) is 5.73. The van der Waals surface area contributed by atoms with Crippen LogP contribution in [0.1, 0.15) is 16.8 Å². The van der Waals surface area contributed by atoms with Gasteiger partial charge in [-0.3, -0.25) is 9.36 Å². The van der Waals surface area contributed by atoms with Gasteiger partial charge in [0.25, 0.3) is 5.91 Å². The first kappa shape index (κ1) is 18.2. The molecule has 0 bridgehead atoms. The number of primary amides is 1. The molecule has 0 fully saturated rings. The average molecular weight is 370 g/mol. The third kappa shape index (κ3) is 4.35. The van der Waals surface area contributed by atoms with Gasteiger partial charge in [0.2, 0.25) is 0 Å². The summed E-state index contributed by atoms with van der Waals surface area (Å²) in [4.78, 5) is 35.0. The van der Waals surface area contributed by atoms with E-state index in [0.29, 0.717) is 24.1 Å². The van der Waals surface area contributed by atoms with Crippen molar-refractivity contribution in [1.29, 1.82) is 0 Å². The third-order valence-electron chi connectivity index (χ3n) is 3.81. The number of carbonyl (C=O) groups is 2.